The van der Waals surface area contributed by atoms with Gasteiger partial charge < -0.3 is 0 Å². The third-order valence-corrected chi connectivity index (χ3v) is 2.92. The number of aldehydes is 1. The molecule has 6 nitrogen and oxygen atoms in total. The zero-order valence-corrected chi connectivity index (χ0v) is 12.3. The van der Waals surface area contributed by atoms with E-state index in [0.29, 0.717) is 6.29 Å². The molecule has 0 aromatic carbocycles. The Morgan fingerprint density at radius 3 is 2.25 bits per heavy atom. The van der Waals surface area contributed by atoms with Crippen molar-refractivity contribution < 1.29 is 9.59 Å². The second-order valence-corrected chi connectivity index (χ2v) is 4.76. The van der Waals surface area contributed by atoms with Crippen molar-refractivity contribution in [2.45, 2.75) is 0 Å². The summed E-state index contributed by atoms with van der Waals surface area (Å²) in [4.78, 5) is 37.8. The van der Waals surface area contributed by atoms with Gasteiger partial charge in [0.25, 0.3) is 0 Å². The van der Waals surface area contributed by atoms with E-state index in [1.165, 1.54) is 6.07 Å². The van der Waals surface area contributed by atoms with Crippen LogP contribution in [0.2, 0.25) is 20.9 Å². The molecule has 0 radical (unpaired) electrons. The number of hydrogen-bond donors (Lipinski definition) is 0. The molecule has 0 N–H and O–H groups in total. The van der Waals surface area contributed by atoms with Gasteiger partial charge in [-0.25, -0.2) is 19.9 Å². The van der Waals surface area contributed by atoms with Crippen LogP contribution >= 0.6 is 46.4 Å². The Morgan fingerprint density at radius 1 is 1.00 bits per heavy atom. The van der Waals surface area contributed by atoms with Crippen LogP contribution in [0.25, 0.3) is 0 Å². The molecule has 2 rings (SSSR count). The van der Waals surface area contributed by atoms with Crippen LogP contribution in [0, 0.1) is 0 Å². The van der Waals surface area contributed by atoms with Gasteiger partial charge in [-0.05, 0) is 23.2 Å². The molecule has 0 amide bonds. The lowest BCUT2D eigenvalue weighted by atomic mass is 10.1. The highest BCUT2D eigenvalue weighted by Gasteiger charge is 2.22. The molecule has 20 heavy (non-hydrogen) atoms. The number of hydrogen-bond acceptors (Lipinski definition) is 6. The molecule has 10 heteroatoms. The first-order chi connectivity index (χ1) is 9.42. The zero-order valence-electron chi connectivity index (χ0n) is 9.27. The maximum atomic E-state index is 12.3. The van der Waals surface area contributed by atoms with Crippen molar-refractivity contribution in [1.82, 2.24) is 19.9 Å². The van der Waals surface area contributed by atoms with Gasteiger partial charge in [-0.15, -0.1) is 0 Å². The summed E-state index contributed by atoms with van der Waals surface area (Å²) >= 11 is 22.6. The molecule has 0 atom stereocenters. The molecule has 2 heterocycles. The minimum absolute atomic E-state index is 0.0350. The van der Waals surface area contributed by atoms with Crippen LogP contribution in [0.3, 0.4) is 0 Å². The predicted octanol–water partition coefficient (Wildman–Crippen LogP) is 2.92. The van der Waals surface area contributed by atoms with Crippen LogP contribution in [0.4, 0.5) is 0 Å². The second kappa shape index (κ2) is 5.97. The average Bonchev–Trinajstić information content (AvgIpc) is 2.35. The Morgan fingerprint density at radius 2 is 1.65 bits per heavy atom. The van der Waals surface area contributed by atoms with E-state index in [4.69, 9.17) is 46.4 Å². The molecule has 0 aliphatic rings. The maximum Gasteiger partial charge on any atom is 0.230 e. The monoisotopic (exact) mass is 350 g/mol. The molecular weight excluding hydrogens is 350 g/mol. The highest BCUT2D eigenvalue weighted by molar-refractivity contribution is 6.35. The number of aromatic nitrogens is 4. The lowest BCUT2D eigenvalue weighted by Crippen LogP contribution is -2.12. The molecule has 0 spiro atoms. The molecule has 2 aromatic rings. The summed E-state index contributed by atoms with van der Waals surface area (Å²) in [6, 6.07) is 1.17. The van der Waals surface area contributed by atoms with Crippen molar-refractivity contribution >= 4 is 58.5 Å². The molecule has 2 aromatic heterocycles. The van der Waals surface area contributed by atoms with Gasteiger partial charge in [-0.3, -0.25) is 9.59 Å². The zero-order chi connectivity index (χ0) is 14.9. The van der Waals surface area contributed by atoms with Crippen molar-refractivity contribution in [2.75, 3.05) is 0 Å². The molecule has 0 aliphatic heterocycles. The number of rotatable bonds is 3. The Labute approximate surface area is 132 Å². The first-order valence-corrected chi connectivity index (χ1v) is 6.36. The third-order valence-electron chi connectivity index (χ3n) is 2.11. The van der Waals surface area contributed by atoms with Crippen molar-refractivity contribution in [2.24, 2.45) is 0 Å². The standard InChI is InChI=1S/C10H2Cl4N4O2/c11-5-1-4(15-9(13)16-5)7(20)6-3(2-19)8(12)18-10(14)17-6/h1-2H. The van der Waals surface area contributed by atoms with E-state index in [9.17, 15) is 9.59 Å². The highest BCUT2D eigenvalue weighted by atomic mass is 35.5. The fourth-order valence-corrected chi connectivity index (χ4v) is 2.16. The Kier molecular flexibility index (Phi) is 4.49. The Hall–Kier alpha value is -1.34. The number of carbonyl (C=O) groups is 2. The topological polar surface area (TPSA) is 85.7 Å². The summed E-state index contributed by atoms with van der Waals surface area (Å²) in [5.74, 6) is -0.732. The average molecular weight is 352 g/mol. The molecule has 0 aliphatic carbocycles. The first kappa shape index (κ1) is 15.1. The SMILES string of the molecule is O=Cc1c(Cl)nc(Cl)nc1C(=O)c1cc(Cl)nc(Cl)n1. The first-order valence-electron chi connectivity index (χ1n) is 4.85. The minimum atomic E-state index is -0.732. The summed E-state index contributed by atoms with van der Waals surface area (Å²) in [6.07, 6.45) is 0.344. The van der Waals surface area contributed by atoms with Crippen LogP contribution < -0.4 is 0 Å². The van der Waals surface area contributed by atoms with Crippen molar-refractivity contribution in [3.8, 4) is 0 Å². The van der Waals surface area contributed by atoms with Crippen LogP contribution in [-0.2, 0) is 0 Å². The largest absolute Gasteiger partial charge is 0.298 e. The van der Waals surface area contributed by atoms with Gasteiger partial charge in [0.15, 0.2) is 6.29 Å². The lowest BCUT2D eigenvalue weighted by Gasteiger charge is -2.05. The van der Waals surface area contributed by atoms with Crippen LogP contribution in [0.1, 0.15) is 26.5 Å². The van der Waals surface area contributed by atoms with Crippen LogP contribution in [0.5, 0.6) is 0 Å². The van der Waals surface area contributed by atoms with Crippen LogP contribution in [-0.4, -0.2) is 32.0 Å². The molecule has 0 saturated heterocycles. The van der Waals surface area contributed by atoms with Gasteiger partial charge in [0.1, 0.15) is 21.7 Å². The predicted molar refractivity (Wildman–Crippen MR) is 72.9 cm³/mol. The Bertz CT molecular complexity index is 702. The fourth-order valence-electron chi connectivity index (χ4n) is 1.32. The molecule has 102 valence electrons. The number of ketones is 1. The van der Waals surface area contributed by atoms with E-state index in [1.54, 1.807) is 0 Å². The summed E-state index contributed by atoms with van der Waals surface area (Å²) < 4.78 is 0. The normalized spacial score (nSPS) is 10.4. The smallest absolute Gasteiger partial charge is 0.230 e. The summed E-state index contributed by atoms with van der Waals surface area (Å²) in [6.45, 7) is 0. The van der Waals surface area contributed by atoms with Gasteiger partial charge >= 0.3 is 0 Å². The van der Waals surface area contributed by atoms with Gasteiger partial charge in [0.2, 0.25) is 16.4 Å². The van der Waals surface area contributed by atoms with E-state index >= 15 is 0 Å². The van der Waals surface area contributed by atoms with Gasteiger partial charge in [-0.1, -0.05) is 23.2 Å². The molecular formula is C10H2Cl4N4O2. The second-order valence-electron chi connectivity index (χ2n) is 3.34. The molecule has 0 bridgehead atoms. The fraction of sp³-hybridized carbons (Fsp3) is 0. The number of nitrogens with zero attached hydrogens (tertiary/aromatic N) is 4. The highest BCUT2D eigenvalue weighted by Crippen LogP contribution is 2.20. The van der Waals surface area contributed by atoms with Gasteiger partial charge in [0.05, 0.1) is 5.56 Å². The van der Waals surface area contributed by atoms with Crippen molar-refractivity contribution in [3.05, 3.63) is 43.9 Å². The minimum Gasteiger partial charge on any atom is -0.298 e. The van der Waals surface area contributed by atoms with E-state index in [1.807, 2.05) is 0 Å². The summed E-state index contributed by atoms with van der Waals surface area (Å²) in [7, 11) is 0. The molecule has 0 fully saturated rings. The van der Waals surface area contributed by atoms with Crippen LogP contribution in [0.15, 0.2) is 6.07 Å². The van der Waals surface area contributed by atoms with E-state index in [2.05, 4.69) is 19.9 Å². The maximum absolute atomic E-state index is 12.3. The number of halogens is 4. The third kappa shape index (κ3) is 3.04. The number of carbonyl (C=O) groups excluding carboxylic acids is 2. The van der Waals surface area contributed by atoms with Crippen molar-refractivity contribution in [1.29, 1.82) is 0 Å². The molecule has 0 unspecified atom stereocenters. The quantitative estimate of drug-likeness (QED) is 0.366. The summed E-state index contributed by atoms with van der Waals surface area (Å²) in [5.41, 5.74) is -0.647. The van der Waals surface area contributed by atoms with E-state index in [-0.39, 0.29) is 37.8 Å². The van der Waals surface area contributed by atoms with E-state index in [0.717, 1.165) is 0 Å². The van der Waals surface area contributed by atoms with Gasteiger partial charge in [0, 0.05) is 6.07 Å². The van der Waals surface area contributed by atoms with E-state index < -0.39 is 5.78 Å². The van der Waals surface area contributed by atoms with Gasteiger partial charge in [-0.2, -0.15) is 0 Å². The molecule has 0 saturated carbocycles. The lowest BCUT2D eigenvalue weighted by molar-refractivity contribution is 0.102. The summed E-state index contributed by atoms with van der Waals surface area (Å²) in [5, 5.41) is -0.781. The Balaban J connectivity index is 2.61. The van der Waals surface area contributed by atoms with Crippen molar-refractivity contribution in [3.63, 3.8) is 0 Å².